The van der Waals surface area contributed by atoms with Gasteiger partial charge in [-0.3, -0.25) is 0 Å². The van der Waals surface area contributed by atoms with E-state index >= 15 is 0 Å². The van der Waals surface area contributed by atoms with Gasteiger partial charge in [0.2, 0.25) is 0 Å². The van der Waals surface area contributed by atoms with Gasteiger partial charge in [0.25, 0.3) is 10.0 Å². The zero-order valence-electron chi connectivity index (χ0n) is 9.79. The minimum Gasteiger partial charge on any atom is -0.494 e. The van der Waals surface area contributed by atoms with E-state index in [1.165, 1.54) is 11.8 Å². The molecule has 2 aliphatic heterocycles. The first-order valence-corrected chi connectivity index (χ1v) is 8.06. The van der Waals surface area contributed by atoms with Gasteiger partial charge in [-0.05, 0) is 36.9 Å². The molecule has 0 spiro atoms. The van der Waals surface area contributed by atoms with E-state index in [9.17, 15) is 8.42 Å². The number of benzene rings is 1. The molecule has 0 bridgehead atoms. The van der Waals surface area contributed by atoms with Gasteiger partial charge in [-0.1, -0.05) is 0 Å². The van der Waals surface area contributed by atoms with E-state index in [0.29, 0.717) is 18.3 Å². The predicted octanol–water partition coefficient (Wildman–Crippen LogP) is 1.70. The number of anilines is 1. The summed E-state index contributed by atoms with van der Waals surface area (Å²) in [6.07, 6.45) is 0. The molecule has 7 heteroatoms. The van der Waals surface area contributed by atoms with E-state index in [4.69, 9.17) is 4.74 Å². The molecular formula is C11H12N2O3S2. The summed E-state index contributed by atoms with van der Waals surface area (Å²) in [7, 11) is -3.28. The molecule has 0 saturated heterocycles. The molecule has 0 fully saturated rings. The SMILES string of the molecule is CCOc1ccc2c(c1)SC1=NS(=O)(=O)CCN12. The van der Waals surface area contributed by atoms with E-state index in [-0.39, 0.29) is 5.75 Å². The molecule has 5 nitrogen and oxygen atoms in total. The lowest BCUT2D eigenvalue weighted by Gasteiger charge is -2.22. The van der Waals surface area contributed by atoms with Crippen molar-refractivity contribution in [2.75, 3.05) is 23.8 Å². The summed E-state index contributed by atoms with van der Waals surface area (Å²) in [6.45, 7) is 3.01. The highest BCUT2D eigenvalue weighted by atomic mass is 32.2. The average molecular weight is 284 g/mol. The summed E-state index contributed by atoms with van der Waals surface area (Å²) in [6, 6.07) is 5.78. The number of nitrogens with zero attached hydrogens (tertiary/aromatic N) is 2. The Morgan fingerprint density at radius 3 is 3.11 bits per heavy atom. The normalized spacial score (nSPS) is 20.1. The fraction of sp³-hybridized carbons (Fsp3) is 0.364. The van der Waals surface area contributed by atoms with Gasteiger partial charge in [-0.25, -0.2) is 8.42 Å². The first-order valence-electron chi connectivity index (χ1n) is 5.64. The van der Waals surface area contributed by atoms with Gasteiger partial charge in [0.05, 0.1) is 18.0 Å². The number of amidine groups is 1. The molecule has 0 atom stereocenters. The number of fused-ring (bicyclic) bond motifs is 3. The molecule has 0 amide bonds. The molecule has 2 heterocycles. The maximum Gasteiger partial charge on any atom is 0.257 e. The summed E-state index contributed by atoms with van der Waals surface area (Å²) in [4.78, 5) is 2.94. The monoisotopic (exact) mass is 284 g/mol. The van der Waals surface area contributed by atoms with Crippen molar-refractivity contribution in [2.45, 2.75) is 11.8 Å². The van der Waals surface area contributed by atoms with Crippen LogP contribution in [0.2, 0.25) is 0 Å². The third kappa shape index (κ3) is 1.97. The third-order valence-electron chi connectivity index (χ3n) is 2.76. The van der Waals surface area contributed by atoms with Crippen molar-refractivity contribution in [1.82, 2.24) is 0 Å². The molecule has 18 heavy (non-hydrogen) atoms. The van der Waals surface area contributed by atoms with Gasteiger partial charge in [0.1, 0.15) is 5.75 Å². The first kappa shape index (κ1) is 11.9. The van der Waals surface area contributed by atoms with Gasteiger partial charge >= 0.3 is 0 Å². The van der Waals surface area contributed by atoms with Gasteiger partial charge in [0, 0.05) is 11.4 Å². The summed E-state index contributed by atoms with van der Waals surface area (Å²) in [5.74, 6) is 0.871. The molecule has 0 saturated carbocycles. The second-order valence-corrected chi connectivity index (χ2v) is 6.74. The summed E-state index contributed by atoms with van der Waals surface area (Å²) >= 11 is 1.38. The maximum atomic E-state index is 11.5. The zero-order valence-corrected chi connectivity index (χ0v) is 11.4. The molecular weight excluding hydrogens is 272 g/mol. The molecule has 0 N–H and O–H groups in total. The summed E-state index contributed by atoms with van der Waals surface area (Å²) < 4.78 is 32.2. The van der Waals surface area contributed by atoms with Crippen molar-refractivity contribution in [2.24, 2.45) is 4.40 Å². The van der Waals surface area contributed by atoms with Crippen LogP contribution in [0.3, 0.4) is 0 Å². The Morgan fingerprint density at radius 2 is 2.33 bits per heavy atom. The van der Waals surface area contributed by atoms with E-state index in [2.05, 4.69) is 4.40 Å². The second kappa shape index (κ2) is 4.17. The zero-order chi connectivity index (χ0) is 12.8. The summed E-state index contributed by atoms with van der Waals surface area (Å²) in [5.41, 5.74) is 1.01. The van der Waals surface area contributed by atoms with Crippen molar-refractivity contribution in [3.8, 4) is 5.75 Å². The Hall–Kier alpha value is -1.21. The Bertz CT molecular complexity index is 625. The number of hydrogen-bond donors (Lipinski definition) is 0. The van der Waals surface area contributed by atoms with E-state index in [1.807, 2.05) is 30.0 Å². The van der Waals surface area contributed by atoms with Crippen molar-refractivity contribution in [1.29, 1.82) is 0 Å². The predicted molar refractivity (Wildman–Crippen MR) is 72.0 cm³/mol. The van der Waals surface area contributed by atoms with E-state index in [0.717, 1.165) is 16.3 Å². The number of rotatable bonds is 2. The smallest absolute Gasteiger partial charge is 0.257 e. The third-order valence-corrected chi connectivity index (χ3v) is 5.06. The first-order chi connectivity index (χ1) is 8.59. The van der Waals surface area contributed by atoms with Gasteiger partial charge in [0.15, 0.2) is 5.17 Å². The minimum atomic E-state index is -3.28. The lowest BCUT2D eigenvalue weighted by molar-refractivity contribution is 0.339. The summed E-state index contributed by atoms with van der Waals surface area (Å²) in [5, 5.41) is 0.546. The van der Waals surface area contributed by atoms with Crippen LogP contribution in [-0.2, 0) is 10.0 Å². The van der Waals surface area contributed by atoms with E-state index in [1.54, 1.807) is 0 Å². The molecule has 3 rings (SSSR count). The quantitative estimate of drug-likeness (QED) is 0.827. The van der Waals surface area contributed by atoms with Gasteiger partial charge in [-0.2, -0.15) is 0 Å². The van der Waals surface area contributed by atoms with Crippen LogP contribution in [0.25, 0.3) is 0 Å². The number of thioether (sulfide) groups is 1. The van der Waals surface area contributed by atoms with Gasteiger partial charge in [-0.15, -0.1) is 4.40 Å². The molecule has 0 aromatic heterocycles. The van der Waals surface area contributed by atoms with Crippen LogP contribution in [-0.4, -0.2) is 32.5 Å². The molecule has 0 unspecified atom stereocenters. The fourth-order valence-electron chi connectivity index (χ4n) is 1.97. The Morgan fingerprint density at radius 1 is 1.50 bits per heavy atom. The Labute approximate surface area is 110 Å². The van der Waals surface area contributed by atoms with Crippen LogP contribution < -0.4 is 9.64 Å². The Balaban J connectivity index is 2.00. The molecule has 1 aromatic carbocycles. The minimum absolute atomic E-state index is 0.0731. The van der Waals surface area contributed by atoms with Crippen LogP contribution in [0.4, 0.5) is 5.69 Å². The van der Waals surface area contributed by atoms with Gasteiger partial charge < -0.3 is 9.64 Å². The van der Waals surface area contributed by atoms with Crippen molar-refractivity contribution in [3.63, 3.8) is 0 Å². The second-order valence-electron chi connectivity index (χ2n) is 3.98. The molecule has 1 aromatic rings. The van der Waals surface area contributed by atoms with Crippen molar-refractivity contribution in [3.05, 3.63) is 18.2 Å². The lowest BCUT2D eigenvalue weighted by Crippen LogP contribution is -2.35. The van der Waals surface area contributed by atoms with Crippen LogP contribution in [0, 0.1) is 0 Å². The lowest BCUT2D eigenvalue weighted by atomic mass is 10.3. The topological polar surface area (TPSA) is 59.0 Å². The van der Waals surface area contributed by atoms with Crippen LogP contribution >= 0.6 is 11.8 Å². The molecule has 0 aliphatic carbocycles. The Kier molecular flexibility index (Phi) is 2.74. The molecule has 96 valence electrons. The molecule has 2 aliphatic rings. The van der Waals surface area contributed by atoms with E-state index < -0.39 is 10.0 Å². The maximum absolute atomic E-state index is 11.5. The number of sulfonamides is 1. The van der Waals surface area contributed by atoms with Crippen LogP contribution in [0.5, 0.6) is 5.75 Å². The fourth-order valence-corrected chi connectivity index (χ4v) is 4.25. The number of hydrogen-bond acceptors (Lipinski definition) is 5. The largest absolute Gasteiger partial charge is 0.494 e. The van der Waals surface area contributed by atoms with Crippen LogP contribution in [0.1, 0.15) is 6.92 Å². The highest BCUT2D eigenvalue weighted by Crippen LogP contribution is 2.43. The van der Waals surface area contributed by atoms with Crippen molar-refractivity contribution >= 4 is 32.6 Å². The highest BCUT2D eigenvalue weighted by molar-refractivity contribution is 8.15. The highest BCUT2D eigenvalue weighted by Gasteiger charge is 2.33. The number of ether oxygens (including phenoxy) is 1. The average Bonchev–Trinajstić information content (AvgIpc) is 2.64. The molecule has 0 radical (unpaired) electrons. The van der Waals surface area contributed by atoms with Crippen LogP contribution in [0.15, 0.2) is 27.5 Å². The standard InChI is InChI=1S/C11H12N2O3S2/c1-2-16-8-3-4-9-10(7-8)17-11-12-18(14,15)6-5-13(9)11/h3-4,7H,2,5-6H2,1H3. The van der Waals surface area contributed by atoms with Crippen molar-refractivity contribution < 1.29 is 13.2 Å².